The van der Waals surface area contributed by atoms with E-state index in [1.54, 1.807) is 13.2 Å². The van der Waals surface area contributed by atoms with Crippen molar-refractivity contribution in [3.8, 4) is 0 Å². The fourth-order valence-corrected chi connectivity index (χ4v) is 3.68. The Morgan fingerprint density at radius 1 is 1.38 bits per heavy atom. The minimum Gasteiger partial charge on any atom is -0.376 e. The smallest absolute Gasteiger partial charge is 0.291 e. The van der Waals surface area contributed by atoms with Gasteiger partial charge in [0.15, 0.2) is 0 Å². The van der Waals surface area contributed by atoms with Gasteiger partial charge in [0.05, 0.1) is 17.8 Å². The summed E-state index contributed by atoms with van der Waals surface area (Å²) in [5.74, 6) is -0.123. The van der Waals surface area contributed by atoms with Crippen molar-refractivity contribution in [1.82, 2.24) is 19.7 Å². The van der Waals surface area contributed by atoms with Crippen LogP contribution in [-0.4, -0.2) is 39.5 Å². The Balaban J connectivity index is 1.77. The van der Waals surface area contributed by atoms with Crippen molar-refractivity contribution in [2.45, 2.75) is 31.9 Å². The number of hydrogen-bond acceptors (Lipinski definition) is 4. The lowest BCUT2D eigenvalue weighted by molar-refractivity contribution is -0.124. The number of benzene rings is 1. The summed E-state index contributed by atoms with van der Waals surface area (Å²) in [5.41, 5.74) is 1.15. The molecule has 1 aromatic carbocycles. The molecule has 1 saturated heterocycles. The average Bonchev–Trinajstić information content (AvgIpc) is 3.28. The molecule has 7 nitrogen and oxygen atoms in total. The first-order valence-electron chi connectivity index (χ1n) is 8.92. The molecule has 0 aliphatic carbocycles. The van der Waals surface area contributed by atoms with E-state index in [9.17, 15) is 9.59 Å². The van der Waals surface area contributed by atoms with Gasteiger partial charge in [-0.3, -0.25) is 9.59 Å². The van der Waals surface area contributed by atoms with Crippen LogP contribution < -0.4 is 10.9 Å². The van der Waals surface area contributed by atoms with Crippen LogP contribution in [0.15, 0.2) is 35.3 Å². The molecule has 1 aliphatic heterocycles. The highest BCUT2D eigenvalue weighted by Gasteiger charge is 2.24. The maximum atomic E-state index is 12.8. The summed E-state index contributed by atoms with van der Waals surface area (Å²) in [4.78, 5) is 25.5. The van der Waals surface area contributed by atoms with E-state index in [2.05, 4.69) is 10.4 Å². The number of ether oxygens (including phenoxy) is 1. The number of aryl methyl sites for hydroxylation is 1. The molecular formula is C19H22N4O3. The van der Waals surface area contributed by atoms with Crippen LogP contribution >= 0.6 is 0 Å². The van der Waals surface area contributed by atoms with E-state index in [1.807, 2.05) is 35.8 Å². The molecule has 1 N–H and O–H groups in total. The van der Waals surface area contributed by atoms with Gasteiger partial charge >= 0.3 is 0 Å². The molecule has 7 heteroatoms. The van der Waals surface area contributed by atoms with Crippen molar-refractivity contribution in [1.29, 1.82) is 0 Å². The number of carbonyl (C=O) groups excluding carboxylic acids is 1. The Morgan fingerprint density at radius 2 is 2.19 bits per heavy atom. The number of nitrogens with zero attached hydrogens (tertiary/aromatic N) is 3. The summed E-state index contributed by atoms with van der Waals surface area (Å²) in [6, 6.07) is 7.19. The van der Waals surface area contributed by atoms with Crippen molar-refractivity contribution in [2.24, 2.45) is 7.05 Å². The highest BCUT2D eigenvalue weighted by Crippen LogP contribution is 2.29. The topological polar surface area (TPSA) is 78.2 Å². The lowest BCUT2D eigenvalue weighted by Crippen LogP contribution is -2.36. The van der Waals surface area contributed by atoms with Gasteiger partial charge in [-0.05, 0) is 25.8 Å². The number of nitrogens with one attached hydrogen (secondary N) is 1. The molecule has 0 spiro atoms. The summed E-state index contributed by atoms with van der Waals surface area (Å²) in [7, 11) is 1.62. The highest BCUT2D eigenvalue weighted by atomic mass is 16.5. The normalized spacial score (nSPS) is 18.5. The van der Waals surface area contributed by atoms with Crippen molar-refractivity contribution < 1.29 is 9.53 Å². The monoisotopic (exact) mass is 354 g/mol. The van der Waals surface area contributed by atoms with Gasteiger partial charge < -0.3 is 14.6 Å². The number of carbonyl (C=O) groups is 1. The molecule has 1 amide bonds. The minimum absolute atomic E-state index is 0.0846. The molecule has 136 valence electrons. The first kappa shape index (κ1) is 16.8. The highest BCUT2D eigenvalue weighted by molar-refractivity contribution is 6.08. The van der Waals surface area contributed by atoms with Gasteiger partial charge in [-0.1, -0.05) is 18.2 Å². The molecular weight excluding hydrogens is 332 g/mol. The van der Waals surface area contributed by atoms with Crippen LogP contribution in [0.2, 0.25) is 0 Å². The molecule has 3 heterocycles. The van der Waals surface area contributed by atoms with Crippen molar-refractivity contribution in [3.63, 3.8) is 0 Å². The van der Waals surface area contributed by atoms with Crippen LogP contribution in [0.4, 0.5) is 0 Å². The maximum absolute atomic E-state index is 12.8. The number of amides is 1. The molecule has 0 saturated carbocycles. The summed E-state index contributed by atoms with van der Waals surface area (Å²) in [5, 5.41) is 8.79. The quantitative estimate of drug-likeness (QED) is 0.774. The van der Waals surface area contributed by atoms with Crippen LogP contribution in [0.1, 0.15) is 25.8 Å². The third-order valence-electron chi connectivity index (χ3n) is 5.10. The Bertz CT molecular complexity index is 1030. The predicted octanol–water partition coefficient (Wildman–Crippen LogP) is 1.74. The van der Waals surface area contributed by atoms with Gasteiger partial charge in [0.25, 0.3) is 5.56 Å². The SMILES string of the molecule is CC(C(=O)NCC1CCCO1)n1c2ccccc2c2cnn(C)c(=O)c21. The second-order valence-corrected chi connectivity index (χ2v) is 6.78. The van der Waals surface area contributed by atoms with E-state index in [-0.39, 0.29) is 17.6 Å². The Kier molecular flexibility index (Phi) is 4.24. The van der Waals surface area contributed by atoms with E-state index >= 15 is 0 Å². The summed E-state index contributed by atoms with van der Waals surface area (Å²) >= 11 is 0. The maximum Gasteiger partial charge on any atom is 0.291 e. The van der Waals surface area contributed by atoms with E-state index in [0.717, 1.165) is 35.7 Å². The average molecular weight is 354 g/mol. The fraction of sp³-hybridized carbons (Fsp3) is 0.421. The third-order valence-corrected chi connectivity index (χ3v) is 5.10. The number of aromatic nitrogens is 3. The van der Waals surface area contributed by atoms with Crippen LogP contribution in [0.3, 0.4) is 0 Å². The van der Waals surface area contributed by atoms with Gasteiger partial charge in [0.1, 0.15) is 11.6 Å². The number of fused-ring (bicyclic) bond motifs is 3. The van der Waals surface area contributed by atoms with Gasteiger partial charge in [0.2, 0.25) is 5.91 Å². The van der Waals surface area contributed by atoms with Gasteiger partial charge in [-0.2, -0.15) is 5.10 Å². The fourth-order valence-electron chi connectivity index (χ4n) is 3.68. The second-order valence-electron chi connectivity index (χ2n) is 6.78. The molecule has 3 aromatic rings. The zero-order valence-electron chi connectivity index (χ0n) is 14.9. The largest absolute Gasteiger partial charge is 0.376 e. The summed E-state index contributed by atoms with van der Waals surface area (Å²) < 4.78 is 8.69. The predicted molar refractivity (Wildman–Crippen MR) is 99.2 cm³/mol. The van der Waals surface area contributed by atoms with Crippen molar-refractivity contribution >= 4 is 27.7 Å². The molecule has 2 aromatic heterocycles. The van der Waals surface area contributed by atoms with Crippen molar-refractivity contribution in [2.75, 3.05) is 13.2 Å². The minimum atomic E-state index is -0.520. The molecule has 0 bridgehead atoms. The zero-order valence-corrected chi connectivity index (χ0v) is 14.9. The Morgan fingerprint density at radius 3 is 2.96 bits per heavy atom. The lowest BCUT2D eigenvalue weighted by Gasteiger charge is -2.18. The van der Waals surface area contributed by atoms with Gasteiger partial charge in [-0.25, -0.2) is 4.68 Å². The first-order valence-corrected chi connectivity index (χ1v) is 8.92. The number of hydrogen-bond donors (Lipinski definition) is 1. The van der Waals surface area contributed by atoms with Crippen molar-refractivity contribution in [3.05, 3.63) is 40.8 Å². The standard InChI is InChI=1S/C19H22N4O3/c1-12(18(24)20-10-13-6-5-9-26-13)23-16-8-4-3-7-14(16)15-11-21-22(2)19(25)17(15)23/h3-4,7-8,11-13H,5-6,9-10H2,1-2H3,(H,20,24). The lowest BCUT2D eigenvalue weighted by atomic mass is 10.2. The zero-order chi connectivity index (χ0) is 18.3. The molecule has 1 aliphatic rings. The Labute approximate surface area is 150 Å². The summed E-state index contributed by atoms with van der Waals surface area (Å²) in [6.45, 7) is 3.07. The van der Waals surface area contributed by atoms with Crippen LogP contribution in [0.5, 0.6) is 0 Å². The second kappa shape index (κ2) is 6.57. The first-order chi connectivity index (χ1) is 12.6. The van der Waals surface area contributed by atoms with Crippen LogP contribution in [0, 0.1) is 0 Å². The molecule has 2 atom stereocenters. The summed E-state index contributed by atoms with van der Waals surface area (Å²) in [6.07, 6.45) is 3.77. The molecule has 2 unspecified atom stereocenters. The Hall–Kier alpha value is -2.67. The molecule has 4 rings (SSSR count). The van der Waals surface area contributed by atoms with Gasteiger partial charge in [-0.15, -0.1) is 0 Å². The van der Waals surface area contributed by atoms with Gasteiger partial charge in [0, 0.05) is 31.0 Å². The number of para-hydroxylation sites is 1. The number of rotatable bonds is 4. The van der Waals surface area contributed by atoms with E-state index in [0.29, 0.717) is 12.1 Å². The van der Waals surface area contributed by atoms with Crippen LogP contribution in [0.25, 0.3) is 21.8 Å². The molecule has 0 radical (unpaired) electrons. The van der Waals surface area contributed by atoms with E-state index < -0.39 is 6.04 Å². The van der Waals surface area contributed by atoms with E-state index in [1.165, 1.54) is 4.68 Å². The van der Waals surface area contributed by atoms with E-state index in [4.69, 9.17) is 4.74 Å². The third kappa shape index (κ3) is 2.68. The molecule has 1 fully saturated rings. The molecule has 26 heavy (non-hydrogen) atoms. The van der Waals surface area contributed by atoms with Crippen LogP contribution in [-0.2, 0) is 16.6 Å².